The molecule has 10 atom stereocenters. The van der Waals surface area contributed by atoms with Crippen LogP contribution in [0.3, 0.4) is 0 Å². The first-order chi connectivity index (χ1) is 19.1. The molecule has 0 aromatic heterocycles. The normalized spacial score (nSPS) is 43.3. The molecule has 41 heavy (non-hydrogen) atoms. The number of epoxide rings is 1. The summed E-state index contributed by atoms with van der Waals surface area (Å²) in [4.78, 5) is 62.8. The fourth-order valence-corrected chi connectivity index (χ4v) is 6.97. The summed E-state index contributed by atoms with van der Waals surface area (Å²) in [7, 11) is 0. The van der Waals surface area contributed by atoms with Crippen LogP contribution in [0.1, 0.15) is 48.0 Å². The minimum absolute atomic E-state index is 0.00818. The molecular formula is C28H35ClO12. The van der Waals surface area contributed by atoms with E-state index in [0.717, 1.165) is 6.92 Å². The first-order valence-corrected chi connectivity index (χ1v) is 13.8. The van der Waals surface area contributed by atoms with Gasteiger partial charge in [-0.3, -0.25) is 24.0 Å². The smallest absolute Gasteiger partial charge is 0.312 e. The van der Waals surface area contributed by atoms with Crippen molar-refractivity contribution < 1.29 is 57.5 Å². The van der Waals surface area contributed by atoms with Crippen molar-refractivity contribution in [3.63, 3.8) is 0 Å². The summed E-state index contributed by atoms with van der Waals surface area (Å²) in [5, 5.41) is 12.5. The zero-order chi connectivity index (χ0) is 30.5. The third kappa shape index (κ3) is 5.37. The lowest BCUT2D eigenvalue weighted by atomic mass is 9.52. The van der Waals surface area contributed by atoms with Crippen molar-refractivity contribution in [1.29, 1.82) is 0 Å². The molecule has 0 bridgehead atoms. The fraction of sp³-hybridized carbons (Fsp3) is 0.679. The minimum atomic E-state index is -2.16. The number of carbonyl (C=O) groups excluding carboxylic acids is 5. The molecule has 0 radical (unpaired) electrons. The Morgan fingerprint density at radius 3 is 2.07 bits per heavy atom. The summed E-state index contributed by atoms with van der Waals surface area (Å²) in [6.07, 6.45) is -1.85. The highest BCUT2D eigenvalue weighted by Crippen LogP contribution is 2.62. The van der Waals surface area contributed by atoms with E-state index in [1.807, 2.05) is 0 Å². The lowest BCUT2D eigenvalue weighted by molar-refractivity contribution is -0.255. The second-order valence-electron chi connectivity index (χ2n) is 11.3. The Balaban J connectivity index is 2.09. The third-order valence-corrected chi connectivity index (χ3v) is 8.88. The van der Waals surface area contributed by atoms with Crippen molar-refractivity contribution >= 4 is 41.4 Å². The van der Waals surface area contributed by atoms with E-state index in [4.69, 9.17) is 40.0 Å². The predicted molar refractivity (Wildman–Crippen MR) is 139 cm³/mol. The second kappa shape index (κ2) is 11.0. The summed E-state index contributed by atoms with van der Waals surface area (Å²) >= 11 is 6.21. The number of fused-ring (bicyclic) bond motifs is 3. The van der Waals surface area contributed by atoms with Crippen molar-refractivity contribution in [3.8, 4) is 0 Å². The maximum absolute atomic E-state index is 12.9. The van der Waals surface area contributed by atoms with Gasteiger partial charge in [-0.25, -0.2) is 0 Å². The van der Waals surface area contributed by atoms with Gasteiger partial charge in [0.05, 0.1) is 17.9 Å². The lowest BCUT2D eigenvalue weighted by Crippen LogP contribution is -2.71. The Morgan fingerprint density at radius 1 is 1.00 bits per heavy atom. The van der Waals surface area contributed by atoms with Gasteiger partial charge in [0.25, 0.3) is 0 Å². The van der Waals surface area contributed by atoms with E-state index in [1.54, 1.807) is 13.0 Å². The molecule has 0 aromatic rings. The van der Waals surface area contributed by atoms with Crippen LogP contribution in [0.4, 0.5) is 0 Å². The molecule has 0 amide bonds. The van der Waals surface area contributed by atoms with Crippen LogP contribution in [-0.2, 0) is 52.4 Å². The van der Waals surface area contributed by atoms with E-state index in [9.17, 15) is 29.1 Å². The number of allylic oxidation sites excluding steroid dienone is 2. The van der Waals surface area contributed by atoms with Crippen LogP contribution in [0.15, 0.2) is 23.8 Å². The Morgan fingerprint density at radius 2 is 1.56 bits per heavy atom. The highest BCUT2D eigenvalue weighted by atomic mass is 35.5. The van der Waals surface area contributed by atoms with Gasteiger partial charge in [-0.1, -0.05) is 13.0 Å². The highest BCUT2D eigenvalue weighted by molar-refractivity contribution is 6.19. The van der Waals surface area contributed by atoms with Gasteiger partial charge in [0.15, 0.2) is 11.7 Å². The Bertz CT molecular complexity index is 1190. The van der Waals surface area contributed by atoms with Crippen LogP contribution in [0.5, 0.6) is 0 Å². The molecule has 3 fully saturated rings. The Labute approximate surface area is 242 Å². The number of ether oxygens (including phenoxy) is 6. The number of aliphatic hydroxyl groups is 1. The topological polar surface area (TPSA) is 164 Å². The van der Waals surface area contributed by atoms with Crippen LogP contribution >= 0.6 is 11.6 Å². The van der Waals surface area contributed by atoms with E-state index in [1.165, 1.54) is 39.8 Å². The standard InChI is InChI=1S/C28H35ClO12/c1-13-25(34)41-21-9-18(11-29)7-8-20(38-15(3)31)26(6)22(24(28(13,21)35)40-17(5)33)27(12-36-27)10-19(37-14(2)30)23(26)39-16(4)32/h7-9,13,19-24,35H,10-12H2,1-6H3/b8-7-,18-9+/t13-,19-,20-,21-,22+,23-,24-,26+,27-,28-/m0/s1. The van der Waals surface area contributed by atoms with Crippen LogP contribution in [0.25, 0.3) is 0 Å². The molecule has 2 saturated heterocycles. The van der Waals surface area contributed by atoms with Gasteiger partial charge in [0.2, 0.25) is 0 Å². The molecule has 12 nitrogen and oxygen atoms in total. The maximum Gasteiger partial charge on any atom is 0.312 e. The van der Waals surface area contributed by atoms with E-state index in [0.29, 0.717) is 5.57 Å². The van der Waals surface area contributed by atoms with E-state index in [2.05, 4.69) is 0 Å². The molecule has 1 spiro atoms. The van der Waals surface area contributed by atoms with Crippen molar-refractivity contribution in [2.45, 2.75) is 89.7 Å². The SMILES string of the molecule is CC(=O)O[C@H]1C[C@]2(CO2)[C@@H]2[C@H](OC(C)=O)[C@@]3(O)[C@H](/C=C(CCl)\C=C/[C@H](OC(C)=O)[C@@]2(C)[C@H]1OC(C)=O)OC(=O)[C@@H]3C. The molecular weight excluding hydrogens is 564 g/mol. The first kappa shape index (κ1) is 31.0. The molecule has 2 heterocycles. The minimum Gasteiger partial charge on any atom is -0.459 e. The predicted octanol–water partition coefficient (Wildman–Crippen LogP) is 1.54. The molecule has 13 heteroatoms. The molecule has 2 aliphatic carbocycles. The fourth-order valence-electron chi connectivity index (χ4n) is 6.79. The van der Waals surface area contributed by atoms with Gasteiger partial charge in [-0.2, -0.15) is 0 Å². The average Bonchev–Trinajstić information content (AvgIpc) is 3.58. The van der Waals surface area contributed by atoms with Gasteiger partial charge in [-0.05, 0) is 24.6 Å². The number of rotatable bonds is 5. The van der Waals surface area contributed by atoms with E-state index in [-0.39, 0.29) is 18.9 Å². The van der Waals surface area contributed by atoms with Crippen LogP contribution < -0.4 is 0 Å². The zero-order valence-electron chi connectivity index (χ0n) is 23.7. The van der Waals surface area contributed by atoms with E-state index < -0.39 is 88.8 Å². The summed E-state index contributed by atoms with van der Waals surface area (Å²) in [5.74, 6) is -5.96. The molecule has 2 aliphatic heterocycles. The number of carbonyl (C=O) groups is 5. The van der Waals surface area contributed by atoms with Crippen molar-refractivity contribution in [3.05, 3.63) is 23.8 Å². The highest BCUT2D eigenvalue weighted by Gasteiger charge is 2.76. The van der Waals surface area contributed by atoms with E-state index >= 15 is 0 Å². The lowest BCUT2D eigenvalue weighted by Gasteiger charge is -2.57. The maximum atomic E-state index is 12.9. The number of esters is 5. The largest absolute Gasteiger partial charge is 0.459 e. The second-order valence-corrected chi connectivity index (χ2v) is 11.6. The van der Waals surface area contributed by atoms with Crippen LogP contribution in [0, 0.1) is 17.3 Å². The van der Waals surface area contributed by atoms with Crippen LogP contribution in [-0.4, -0.2) is 89.2 Å². The van der Waals surface area contributed by atoms with Gasteiger partial charge >= 0.3 is 29.8 Å². The molecule has 1 N–H and O–H groups in total. The van der Waals surface area contributed by atoms with Gasteiger partial charge < -0.3 is 33.5 Å². The van der Waals surface area contributed by atoms with Crippen LogP contribution in [0.2, 0.25) is 0 Å². The van der Waals surface area contributed by atoms with Gasteiger partial charge in [0, 0.05) is 45.9 Å². The summed E-state index contributed by atoms with van der Waals surface area (Å²) in [5.41, 5.74) is -4.55. The quantitative estimate of drug-likeness (QED) is 0.210. The van der Waals surface area contributed by atoms with Gasteiger partial charge in [0.1, 0.15) is 30.0 Å². The Kier molecular flexibility index (Phi) is 8.34. The Hall–Kier alpha value is -2.96. The number of alkyl halides is 1. The summed E-state index contributed by atoms with van der Waals surface area (Å²) in [6.45, 7) is 7.86. The zero-order valence-corrected chi connectivity index (χ0v) is 24.5. The average molecular weight is 599 g/mol. The van der Waals surface area contributed by atoms with Gasteiger partial charge in [-0.15, -0.1) is 11.6 Å². The van der Waals surface area contributed by atoms with Crippen molar-refractivity contribution in [1.82, 2.24) is 0 Å². The molecule has 226 valence electrons. The monoisotopic (exact) mass is 598 g/mol. The van der Waals surface area contributed by atoms with Crippen molar-refractivity contribution in [2.24, 2.45) is 17.3 Å². The summed E-state index contributed by atoms with van der Waals surface area (Å²) in [6, 6.07) is 0. The molecule has 0 unspecified atom stereocenters. The molecule has 4 aliphatic rings. The molecule has 1 saturated carbocycles. The summed E-state index contributed by atoms with van der Waals surface area (Å²) < 4.78 is 34.8. The number of hydrogen-bond donors (Lipinski definition) is 1. The number of halogens is 1. The molecule has 4 rings (SSSR count). The first-order valence-electron chi connectivity index (χ1n) is 13.3. The third-order valence-electron chi connectivity index (χ3n) is 8.57. The van der Waals surface area contributed by atoms with Crippen molar-refractivity contribution in [2.75, 3.05) is 12.5 Å². The number of hydrogen-bond acceptors (Lipinski definition) is 12. The molecule has 0 aromatic carbocycles.